The van der Waals surface area contributed by atoms with Gasteiger partial charge in [-0.1, -0.05) is 18.2 Å². The zero-order chi connectivity index (χ0) is 21.4. The fourth-order valence-corrected chi connectivity index (χ4v) is 4.26. The lowest BCUT2D eigenvalue weighted by molar-refractivity contribution is 0.0695. The Balaban J connectivity index is 1.25. The summed E-state index contributed by atoms with van der Waals surface area (Å²) in [7, 11) is 0. The van der Waals surface area contributed by atoms with Gasteiger partial charge in [-0.2, -0.15) is 0 Å². The predicted octanol–water partition coefficient (Wildman–Crippen LogP) is 3.09. The van der Waals surface area contributed by atoms with Crippen LogP contribution in [0.25, 0.3) is 11.0 Å². The fourth-order valence-electron chi connectivity index (χ4n) is 4.26. The van der Waals surface area contributed by atoms with Crippen molar-refractivity contribution in [3.05, 3.63) is 64.6 Å². The van der Waals surface area contributed by atoms with Crippen LogP contribution in [-0.2, 0) is 0 Å². The summed E-state index contributed by atoms with van der Waals surface area (Å²) in [5.41, 5.74) is 2.78. The Kier molecular flexibility index (Phi) is 4.97. The number of aromatic nitrogens is 2. The first-order valence-electron chi connectivity index (χ1n) is 10.7. The number of amides is 3. The second kappa shape index (κ2) is 7.94. The topological polar surface area (TPSA) is 99.2 Å². The predicted molar refractivity (Wildman–Crippen MR) is 118 cm³/mol. The number of hydrogen-bond donors (Lipinski definition) is 3. The van der Waals surface area contributed by atoms with E-state index in [1.807, 2.05) is 33.7 Å². The minimum absolute atomic E-state index is 0.0593. The van der Waals surface area contributed by atoms with Crippen LogP contribution in [0.5, 0.6) is 0 Å². The summed E-state index contributed by atoms with van der Waals surface area (Å²) in [6, 6.07) is 14.8. The quantitative estimate of drug-likeness (QED) is 0.606. The van der Waals surface area contributed by atoms with Crippen LogP contribution in [0.1, 0.15) is 42.1 Å². The van der Waals surface area contributed by atoms with Gasteiger partial charge in [-0.3, -0.25) is 9.36 Å². The first kappa shape index (κ1) is 19.4. The molecule has 2 heterocycles. The third kappa shape index (κ3) is 4.05. The molecule has 2 aromatic carbocycles. The number of benzene rings is 2. The van der Waals surface area contributed by atoms with E-state index in [4.69, 9.17) is 0 Å². The molecular weight excluding hydrogens is 394 g/mol. The van der Waals surface area contributed by atoms with E-state index in [0.717, 1.165) is 36.7 Å². The molecule has 160 valence electrons. The number of aromatic amines is 1. The smallest absolute Gasteiger partial charge is 0.326 e. The van der Waals surface area contributed by atoms with Gasteiger partial charge in [-0.15, -0.1) is 0 Å². The largest absolute Gasteiger partial charge is 0.338 e. The molecule has 0 unspecified atom stereocenters. The zero-order valence-electron chi connectivity index (χ0n) is 17.1. The van der Waals surface area contributed by atoms with Crippen LogP contribution in [0.3, 0.4) is 0 Å². The van der Waals surface area contributed by atoms with E-state index in [1.165, 1.54) is 0 Å². The number of H-pyrrole nitrogens is 1. The maximum Gasteiger partial charge on any atom is 0.326 e. The van der Waals surface area contributed by atoms with Gasteiger partial charge in [0.15, 0.2) is 0 Å². The number of imidazole rings is 1. The third-order valence-electron chi connectivity index (χ3n) is 6.02. The van der Waals surface area contributed by atoms with Crippen molar-refractivity contribution in [1.29, 1.82) is 0 Å². The van der Waals surface area contributed by atoms with Crippen LogP contribution in [0, 0.1) is 0 Å². The summed E-state index contributed by atoms with van der Waals surface area (Å²) >= 11 is 0. The number of urea groups is 1. The van der Waals surface area contributed by atoms with Gasteiger partial charge in [-0.05, 0) is 56.0 Å². The second-order valence-corrected chi connectivity index (χ2v) is 8.29. The second-order valence-electron chi connectivity index (χ2n) is 8.29. The highest BCUT2D eigenvalue weighted by atomic mass is 16.2. The van der Waals surface area contributed by atoms with Crippen molar-refractivity contribution in [3.8, 4) is 0 Å². The summed E-state index contributed by atoms with van der Waals surface area (Å²) < 4.78 is 1.82. The maximum absolute atomic E-state index is 13.0. The van der Waals surface area contributed by atoms with Crippen LogP contribution in [0.2, 0.25) is 0 Å². The minimum atomic E-state index is -0.239. The zero-order valence-corrected chi connectivity index (χ0v) is 17.1. The number of carbonyl (C=O) groups excluding carboxylic acids is 2. The van der Waals surface area contributed by atoms with Gasteiger partial charge < -0.3 is 20.5 Å². The molecule has 1 aliphatic heterocycles. The molecule has 0 spiro atoms. The number of piperidine rings is 1. The molecule has 1 saturated heterocycles. The molecule has 8 heteroatoms. The monoisotopic (exact) mass is 419 g/mol. The van der Waals surface area contributed by atoms with Gasteiger partial charge in [0.2, 0.25) is 0 Å². The average Bonchev–Trinajstić information content (AvgIpc) is 3.52. The molecule has 0 bridgehead atoms. The van der Waals surface area contributed by atoms with Crippen molar-refractivity contribution in [2.75, 3.05) is 18.4 Å². The van der Waals surface area contributed by atoms with Crippen LogP contribution in [0.15, 0.2) is 53.3 Å². The maximum atomic E-state index is 13.0. The molecule has 2 aliphatic rings. The number of para-hydroxylation sites is 2. The lowest BCUT2D eigenvalue weighted by Crippen LogP contribution is -2.40. The average molecular weight is 419 g/mol. The Morgan fingerprint density at radius 1 is 0.968 bits per heavy atom. The molecule has 1 saturated carbocycles. The molecule has 1 aromatic heterocycles. The molecule has 0 atom stereocenters. The van der Waals surface area contributed by atoms with Gasteiger partial charge in [-0.25, -0.2) is 9.59 Å². The molecule has 3 amide bonds. The summed E-state index contributed by atoms with van der Waals surface area (Å²) in [5.74, 6) is -0.0593. The lowest BCUT2D eigenvalue weighted by atomic mass is 10.0. The Morgan fingerprint density at radius 2 is 1.74 bits per heavy atom. The Morgan fingerprint density at radius 3 is 2.52 bits per heavy atom. The number of likely N-dealkylation sites (tertiary alicyclic amines) is 1. The fraction of sp³-hybridized carbons (Fsp3) is 0.348. The van der Waals surface area contributed by atoms with Gasteiger partial charge in [0.05, 0.1) is 11.0 Å². The number of nitrogens with zero attached hydrogens (tertiary/aromatic N) is 2. The van der Waals surface area contributed by atoms with E-state index in [2.05, 4.69) is 15.6 Å². The van der Waals surface area contributed by atoms with Crippen molar-refractivity contribution in [1.82, 2.24) is 19.8 Å². The molecule has 5 rings (SSSR count). The number of nitrogens with one attached hydrogen (secondary N) is 3. The van der Waals surface area contributed by atoms with E-state index < -0.39 is 0 Å². The SMILES string of the molecule is O=C(Nc1cccc(C(=O)N2CCC(n3c(=O)[nH]c4ccccc43)CC2)c1)NC1CC1. The first-order valence-corrected chi connectivity index (χ1v) is 10.7. The van der Waals surface area contributed by atoms with Gasteiger partial charge >= 0.3 is 11.7 Å². The summed E-state index contributed by atoms with van der Waals surface area (Å²) in [4.78, 5) is 42.2. The molecule has 1 aliphatic carbocycles. The van der Waals surface area contributed by atoms with E-state index in [9.17, 15) is 14.4 Å². The lowest BCUT2D eigenvalue weighted by Gasteiger charge is -2.32. The van der Waals surface area contributed by atoms with E-state index in [0.29, 0.717) is 24.3 Å². The van der Waals surface area contributed by atoms with Crippen molar-refractivity contribution in [2.24, 2.45) is 0 Å². The summed E-state index contributed by atoms with van der Waals surface area (Å²) in [5, 5.41) is 5.67. The Labute approximate surface area is 179 Å². The molecule has 2 fully saturated rings. The molecule has 3 N–H and O–H groups in total. The van der Waals surface area contributed by atoms with Crippen LogP contribution in [0.4, 0.5) is 10.5 Å². The van der Waals surface area contributed by atoms with Gasteiger partial charge in [0.25, 0.3) is 5.91 Å². The van der Waals surface area contributed by atoms with Crippen molar-refractivity contribution in [2.45, 2.75) is 37.8 Å². The van der Waals surface area contributed by atoms with Gasteiger partial charge in [0.1, 0.15) is 0 Å². The molecule has 8 nitrogen and oxygen atoms in total. The Bertz CT molecular complexity index is 1190. The van der Waals surface area contributed by atoms with Gasteiger partial charge in [0, 0.05) is 36.4 Å². The van der Waals surface area contributed by atoms with Crippen LogP contribution >= 0.6 is 0 Å². The van der Waals surface area contributed by atoms with Crippen LogP contribution < -0.4 is 16.3 Å². The standard InChI is InChI=1S/C23H25N5O3/c29-21(15-4-3-5-17(14-15)25-22(30)24-16-8-9-16)27-12-10-18(11-13-27)28-20-7-2-1-6-19(20)26-23(28)31/h1-7,14,16,18H,8-13H2,(H,26,31)(H2,24,25,30). The van der Waals surface area contributed by atoms with Crippen molar-refractivity contribution in [3.63, 3.8) is 0 Å². The minimum Gasteiger partial charge on any atom is -0.338 e. The molecule has 31 heavy (non-hydrogen) atoms. The van der Waals surface area contributed by atoms with Crippen LogP contribution in [-0.4, -0.2) is 45.5 Å². The molecule has 0 radical (unpaired) electrons. The number of fused-ring (bicyclic) bond motifs is 1. The number of anilines is 1. The Hall–Kier alpha value is -3.55. The highest BCUT2D eigenvalue weighted by Crippen LogP contribution is 2.26. The molecule has 3 aromatic rings. The number of rotatable bonds is 4. The first-order chi connectivity index (χ1) is 15.1. The third-order valence-corrected chi connectivity index (χ3v) is 6.02. The van der Waals surface area contributed by atoms with Crippen molar-refractivity contribution >= 4 is 28.7 Å². The van der Waals surface area contributed by atoms with Crippen molar-refractivity contribution < 1.29 is 9.59 Å². The normalized spacial score (nSPS) is 17.0. The van der Waals surface area contributed by atoms with E-state index >= 15 is 0 Å². The van der Waals surface area contributed by atoms with E-state index in [-0.39, 0.29) is 29.7 Å². The highest BCUT2D eigenvalue weighted by molar-refractivity contribution is 5.97. The highest BCUT2D eigenvalue weighted by Gasteiger charge is 2.27. The number of hydrogen-bond acceptors (Lipinski definition) is 3. The van der Waals surface area contributed by atoms with E-state index in [1.54, 1.807) is 24.3 Å². The molecular formula is C23H25N5O3. The summed E-state index contributed by atoms with van der Waals surface area (Å²) in [6.45, 7) is 1.16. The summed E-state index contributed by atoms with van der Waals surface area (Å²) in [6.07, 6.45) is 3.48. The number of carbonyl (C=O) groups is 2.